The zero-order valence-electron chi connectivity index (χ0n) is 11.0. The van der Waals surface area contributed by atoms with Crippen LogP contribution in [0.25, 0.3) is 0 Å². The molecule has 1 aliphatic rings. The molecule has 20 heavy (non-hydrogen) atoms. The lowest BCUT2D eigenvalue weighted by molar-refractivity contribution is -0.123. The zero-order valence-corrected chi connectivity index (χ0v) is 11.8. The number of nitrogens with one attached hydrogen (secondary N) is 1. The number of carbonyl (C=O) groups is 1. The maximum atomic E-state index is 13.4. The molecule has 0 aromatic heterocycles. The Morgan fingerprint density at radius 3 is 2.80 bits per heavy atom. The summed E-state index contributed by atoms with van der Waals surface area (Å²) in [5, 5.41) is 2.44. The minimum Gasteiger partial charge on any atom is -0.396 e. The summed E-state index contributed by atoms with van der Waals surface area (Å²) in [7, 11) is -2.45. The highest BCUT2D eigenvalue weighted by molar-refractivity contribution is 7.89. The van der Waals surface area contributed by atoms with Crippen LogP contribution in [-0.2, 0) is 14.8 Å². The molecule has 0 bridgehead atoms. The maximum absolute atomic E-state index is 13.4. The van der Waals surface area contributed by atoms with Crippen LogP contribution >= 0.6 is 0 Å². The van der Waals surface area contributed by atoms with Gasteiger partial charge in [-0.3, -0.25) is 4.79 Å². The fraction of sp³-hybridized carbons (Fsp3) is 0.417. The molecule has 6 nitrogen and oxygen atoms in total. The predicted octanol–water partition coefficient (Wildman–Crippen LogP) is 0.307. The van der Waals surface area contributed by atoms with Gasteiger partial charge in [0, 0.05) is 13.6 Å². The first kappa shape index (κ1) is 14.7. The van der Waals surface area contributed by atoms with Crippen LogP contribution in [-0.4, -0.2) is 38.3 Å². The highest BCUT2D eigenvalue weighted by Gasteiger charge is 2.39. The number of nitrogens with zero attached hydrogens (tertiary/aromatic N) is 1. The van der Waals surface area contributed by atoms with E-state index < -0.39 is 21.9 Å². The molecule has 1 atom stereocenters. The Balaban J connectivity index is 2.38. The quantitative estimate of drug-likeness (QED) is 0.786. The smallest absolute Gasteiger partial charge is 0.243 e. The molecule has 0 saturated carbocycles. The van der Waals surface area contributed by atoms with Crippen molar-refractivity contribution in [3.8, 4) is 0 Å². The molecule has 1 saturated heterocycles. The first-order chi connectivity index (χ1) is 9.37. The van der Waals surface area contributed by atoms with Crippen LogP contribution in [0.3, 0.4) is 0 Å². The number of amides is 1. The van der Waals surface area contributed by atoms with Gasteiger partial charge in [-0.05, 0) is 31.0 Å². The number of nitrogen functional groups attached to an aromatic ring is 1. The minimum absolute atomic E-state index is 0.117. The Morgan fingerprint density at radius 2 is 2.20 bits per heavy atom. The average molecular weight is 301 g/mol. The molecule has 1 aromatic rings. The Kier molecular flexibility index (Phi) is 3.96. The highest BCUT2D eigenvalue weighted by atomic mass is 32.2. The molecule has 3 N–H and O–H groups in total. The fourth-order valence-electron chi connectivity index (χ4n) is 2.26. The lowest BCUT2D eigenvalue weighted by Crippen LogP contribution is -2.44. The highest BCUT2D eigenvalue weighted by Crippen LogP contribution is 2.27. The van der Waals surface area contributed by atoms with Crippen molar-refractivity contribution in [3.05, 3.63) is 24.0 Å². The molecule has 2 rings (SSSR count). The van der Waals surface area contributed by atoms with E-state index in [2.05, 4.69) is 5.32 Å². The second-order valence-electron chi connectivity index (χ2n) is 4.57. The molecule has 0 radical (unpaired) electrons. The first-order valence-electron chi connectivity index (χ1n) is 6.16. The van der Waals surface area contributed by atoms with Gasteiger partial charge in [-0.2, -0.15) is 4.31 Å². The molecule has 8 heteroatoms. The molecule has 1 aromatic carbocycles. The molecule has 0 aliphatic carbocycles. The third-order valence-corrected chi connectivity index (χ3v) is 5.24. The number of anilines is 1. The van der Waals surface area contributed by atoms with Crippen molar-refractivity contribution in [1.82, 2.24) is 9.62 Å². The van der Waals surface area contributed by atoms with Crippen LogP contribution in [0.5, 0.6) is 0 Å². The number of likely N-dealkylation sites (N-methyl/N-ethyl adjacent to an activating group) is 1. The largest absolute Gasteiger partial charge is 0.396 e. The van der Waals surface area contributed by atoms with Crippen molar-refractivity contribution in [2.45, 2.75) is 23.8 Å². The summed E-state index contributed by atoms with van der Waals surface area (Å²) < 4.78 is 39.5. The van der Waals surface area contributed by atoms with Crippen LogP contribution in [0.4, 0.5) is 10.1 Å². The fourth-order valence-corrected chi connectivity index (χ4v) is 3.93. The summed E-state index contributed by atoms with van der Waals surface area (Å²) in [6.07, 6.45) is 1.05. The number of rotatable bonds is 3. The minimum atomic E-state index is -3.91. The Hall–Kier alpha value is -1.67. The molecular formula is C12H16FN3O3S. The maximum Gasteiger partial charge on any atom is 0.243 e. The van der Waals surface area contributed by atoms with Crippen LogP contribution in [0.1, 0.15) is 12.8 Å². The Labute approximate surface area is 116 Å². The monoisotopic (exact) mass is 301 g/mol. The van der Waals surface area contributed by atoms with Gasteiger partial charge in [0.1, 0.15) is 11.9 Å². The van der Waals surface area contributed by atoms with E-state index in [0.29, 0.717) is 12.8 Å². The van der Waals surface area contributed by atoms with Gasteiger partial charge in [0.15, 0.2) is 0 Å². The number of carbonyl (C=O) groups excluding carboxylic acids is 1. The van der Waals surface area contributed by atoms with Gasteiger partial charge in [-0.15, -0.1) is 0 Å². The van der Waals surface area contributed by atoms with E-state index in [4.69, 9.17) is 5.73 Å². The lowest BCUT2D eigenvalue weighted by atomic mass is 10.2. The Morgan fingerprint density at radius 1 is 1.50 bits per heavy atom. The van der Waals surface area contributed by atoms with Gasteiger partial charge in [0.2, 0.25) is 15.9 Å². The molecule has 0 spiro atoms. The third-order valence-electron chi connectivity index (χ3n) is 3.33. The van der Waals surface area contributed by atoms with E-state index in [1.807, 2.05) is 0 Å². The molecule has 1 aliphatic heterocycles. The topological polar surface area (TPSA) is 92.5 Å². The summed E-state index contributed by atoms with van der Waals surface area (Å²) in [5.74, 6) is -1.15. The first-order valence-corrected chi connectivity index (χ1v) is 7.60. The van der Waals surface area contributed by atoms with E-state index in [-0.39, 0.29) is 23.0 Å². The normalized spacial score (nSPS) is 20.0. The molecule has 1 fully saturated rings. The van der Waals surface area contributed by atoms with Crippen molar-refractivity contribution in [1.29, 1.82) is 0 Å². The summed E-state index contributed by atoms with van der Waals surface area (Å²) in [6, 6.07) is 2.58. The van der Waals surface area contributed by atoms with Crippen LogP contribution in [0, 0.1) is 5.82 Å². The van der Waals surface area contributed by atoms with Crippen molar-refractivity contribution in [2.75, 3.05) is 19.3 Å². The zero-order chi connectivity index (χ0) is 14.9. The van der Waals surface area contributed by atoms with Gasteiger partial charge in [-0.25, -0.2) is 12.8 Å². The average Bonchev–Trinajstić information content (AvgIpc) is 2.90. The van der Waals surface area contributed by atoms with E-state index in [1.54, 1.807) is 0 Å². The van der Waals surface area contributed by atoms with Gasteiger partial charge < -0.3 is 11.1 Å². The van der Waals surface area contributed by atoms with Crippen LogP contribution in [0.2, 0.25) is 0 Å². The summed E-state index contributed by atoms with van der Waals surface area (Å²) >= 11 is 0. The molecule has 1 amide bonds. The SMILES string of the molecule is CNC(=O)C1CCCN1S(=O)(=O)c1ccc(N)c(F)c1. The lowest BCUT2D eigenvalue weighted by Gasteiger charge is -2.22. The van der Waals surface area contributed by atoms with Crippen molar-refractivity contribution in [3.63, 3.8) is 0 Å². The number of hydrogen-bond donors (Lipinski definition) is 2. The summed E-state index contributed by atoms with van der Waals surface area (Å²) in [5.41, 5.74) is 5.22. The summed E-state index contributed by atoms with van der Waals surface area (Å²) in [6.45, 7) is 0.242. The van der Waals surface area contributed by atoms with Crippen molar-refractivity contribution in [2.24, 2.45) is 0 Å². The summed E-state index contributed by atoms with van der Waals surface area (Å²) in [4.78, 5) is 11.5. The van der Waals surface area contributed by atoms with E-state index in [9.17, 15) is 17.6 Å². The molecule has 110 valence electrons. The third kappa shape index (κ3) is 2.48. The second kappa shape index (κ2) is 5.37. The number of sulfonamides is 1. The molecule has 1 heterocycles. The van der Waals surface area contributed by atoms with Gasteiger partial charge in [0.25, 0.3) is 0 Å². The second-order valence-corrected chi connectivity index (χ2v) is 6.46. The van der Waals surface area contributed by atoms with E-state index >= 15 is 0 Å². The van der Waals surface area contributed by atoms with Gasteiger partial charge in [-0.1, -0.05) is 0 Å². The number of halogens is 1. The van der Waals surface area contributed by atoms with Gasteiger partial charge >= 0.3 is 0 Å². The number of benzene rings is 1. The number of nitrogens with two attached hydrogens (primary N) is 1. The standard InChI is InChI=1S/C12H16FN3O3S/c1-15-12(17)11-3-2-6-16(11)20(18,19)8-4-5-10(14)9(13)7-8/h4-5,7,11H,2-3,6,14H2,1H3,(H,15,17). The van der Waals surface area contributed by atoms with Crippen molar-refractivity contribution < 1.29 is 17.6 Å². The van der Waals surface area contributed by atoms with Gasteiger partial charge in [0.05, 0.1) is 10.6 Å². The Bertz CT molecular complexity index is 633. The van der Waals surface area contributed by atoms with Crippen LogP contribution < -0.4 is 11.1 Å². The van der Waals surface area contributed by atoms with Crippen LogP contribution in [0.15, 0.2) is 23.1 Å². The molecule has 1 unspecified atom stereocenters. The van der Waals surface area contributed by atoms with E-state index in [1.165, 1.54) is 19.2 Å². The van der Waals surface area contributed by atoms with Crippen molar-refractivity contribution >= 4 is 21.6 Å². The number of hydrogen-bond acceptors (Lipinski definition) is 4. The predicted molar refractivity (Wildman–Crippen MR) is 71.8 cm³/mol. The van der Waals surface area contributed by atoms with E-state index in [0.717, 1.165) is 10.4 Å². The molecular weight excluding hydrogens is 285 g/mol.